The van der Waals surface area contributed by atoms with Gasteiger partial charge in [-0.1, -0.05) is 17.3 Å². The standard InChI is InChI=1S/C19H22N6O2/c1-4-24(5-2)19(25-17-9-7-6-8-16(17)22-23-25)21-18(26)20-14-10-12-15(27-3)13-11-14/h6-13H,4-5H2,1-3H3,(H,20,26). The number of urea groups is 1. The lowest BCUT2D eigenvalue weighted by Gasteiger charge is -2.22. The quantitative estimate of drug-likeness (QED) is 0.566. The van der Waals surface area contributed by atoms with E-state index in [1.165, 1.54) is 0 Å². The van der Waals surface area contributed by atoms with Crippen molar-refractivity contribution >= 4 is 28.7 Å². The van der Waals surface area contributed by atoms with Crippen LogP contribution in [0.1, 0.15) is 13.8 Å². The van der Waals surface area contributed by atoms with Crippen molar-refractivity contribution in [2.24, 2.45) is 4.99 Å². The van der Waals surface area contributed by atoms with Crippen LogP contribution in [0.3, 0.4) is 0 Å². The average molecular weight is 366 g/mol. The van der Waals surface area contributed by atoms with Crippen molar-refractivity contribution in [2.45, 2.75) is 13.8 Å². The van der Waals surface area contributed by atoms with Crippen LogP contribution in [0, 0.1) is 0 Å². The molecule has 3 rings (SSSR count). The summed E-state index contributed by atoms with van der Waals surface area (Å²) in [5.41, 5.74) is 2.17. The number of methoxy groups -OCH3 is 1. The largest absolute Gasteiger partial charge is 0.497 e. The van der Waals surface area contributed by atoms with Gasteiger partial charge in [0.25, 0.3) is 0 Å². The van der Waals surface area contributed by atoms with E-state index in [0.29, 0.717) is 24.7 Å². The number of ether oxygens (including phenoxy) is 1. The molecular weight excluding hydrogens is 344 g/mol. The van der Waals surface area contributed by atoms with Crippen molar-refractivity contribution in [1.82, 2.24) is 19.9 Å². The van der Waals surface area contributed by atoms with Crippen molar-refractivity contribution in [3.8, 4) is 5.75 Å². The van der Waals surface area contributed by atoms with Crippen molar-refractivity contribution in [1.29, 1.82) is 0 Å². The average Bonchev–Trinajstić information content (AvgIpc) is 3.12. The first-order valence-corrected chi connectivity index (χ1v) is 8.75. The Morgan fingerprint density at radius 1 is 1.15 bits per heavy atom. The topological polar surface area (TPSA) is 84.6 Å². The van der Waals surface area contributed by atoms with E-state index in [1.54, 1.807) is 36.1 Å². The number of para-hydroxylation sites is 1. The maximum atomic E-state index is 12.5. The Kier molecular flexibility index (Phi) is 5.65. The summed E-state index contributed by atoms with van der Waals surface area (Å²) in [6.07, 6.45) is 0. The summed E-state index contributed by atoms with van der Waals surface area (Å²) in [7, 11) is 1.59. The molecule has 8 heteroatoms. The van der Waals surface area contributed by atoms with Crippen LogP contribution in [0.25, 0.3) is 11.0 Å². The van der Waals surface area contributed by atoms with Crippen LogP contribution in [0.15, 0.2) is 53.5 Å². The van der Waals surface area contributed by atoms with Gasteiger partial charge in [0.2, 0.25) is 5.96 Å². The summed E-state index contributed by atoms with van der Waals surface area (Å²) in [6, 6.07) is 14.1. The SMILES string of the molecule is CCN(CC)C(=NC(=O)Nc1ccc(OC)cc1)n1nnc2ccccc21. The number of nitrogens with one attached hydrogen (secondary N) is 1. The third kappa shape index (κ3) is 4.05. The number of aromatic nitrogens is 3. The summed E-state index contributed by atoms with van der Waals surface area (Å²) in [6.45, 7) is 5.36. The number of benzene rings is 2. The number of carbonyl (C=O) groups is 1. The lowest BCUT2D eigenvalue weighted by Crippen LogP contribution is -2.37. The molecule has 140 valence electrons. The van der Waals surface area contributed by atoms with Gasteiger partial charge in [0.05, 0.1) is 12.6 Å². The Bertz CT molecular complexity index is 944. The van der Waals surface area contributed by atoms with Gasteiger partial charge in [-0.2, -0.15) is 9.67 Å². The highest BCUT2D eigenvalue weighted by Gasteiger charge is 2.17. The highest BCUT2D eigenvalue weighted by atomic mass is 16.5. The Morgan fingerprint density at radius 3 is 2.52 bits per heavy atom. The fourth-order valence-electron chi connectivity index (χ4n) is 2.69. The van der Waals surface area contributed by atoms with Crippen LogP contribution in [-0.2, 0) is 0 Å². The van der Waals surface area contributed by atoms with Crippen molar-refractivity contribution in [3.05, 3.63) is 48.5 Å². The molecule has 0 aliphatic carbocycles. The van der Waals surface area contributed by atoms with Crippen LogP contribution < -0.4 is 10.1 Å². The second kappa shape index (κ2) is 8.31. The monoisotopic (exact) mass is 366 g/mol. The van der Waals surface area contributed by atoms with Gasteiger partial charge in [0.1, 0.15) is 11.3 Å². The Morgan fingerprint density at radius 2 is 1.85 bits per heavy atom. The number of aliphatic imine (C=N–C) groups is 1. The molecule has 2 amide bonds. The summed E-state index contributed by atoms with van der Waals surface area (Å²) in [5, 5.41) is 11.1. The summed E-state index contributed by atoms with van der Waals surface area (Å²) < 4.78 is 6.72. The predicted octanol–water partition coefficient (Wildman–Crippen LogP) is 3.22. The molecule has 0 fully saturated rings. The van der Waals surface area contributed by atoms with Crippen molar-refractivity contribution < 1.29 is 9.53 Å². The molecule has 1 heterocycles. The number of rotatable bonds is 4. The molecule has 1 N–H and O–H groups in total. The molecule has 0 bridgehead atoms. The van der Waals surface area contributed by atoms with Gasteiger partial charge in [-0.15, -0.1) is 5.10 Å². The third-order valence-corrected chi connectivity index (χ3v) is 4.13. The molecular formula is C19H22N6O2. The minimum atomic E-state index is -0.485. The van der Waals surface area contributed by atoms with E-state index < -0.39 is 6.03 Å². The van der Waals surface area contributed by atoms with E-state index in [9.17, 15) is 4.79 Å². The maximum absolute atomic E-state index is 12.5. The van der Waals surface area contributed by atoms with Gasteiger partial charge in [0.15, 0.2) is 0 Å². The van der Waals surface area contributed by atoms with Gasteiger partial charge < -0.3 is 15.0 Å². The number of amides is 2. The van der Waals surface area contributed by atoms with E-state index >= 15 is 0 Å². The summed E-state index contributed by atoms with van der Waals surface area (Å²) in [4.78, 5) is 18.8. The van der Waals surface area contributed by atoms with Crippen LogP contribution in [0.4, 0.5) is 10.5 Å². The summed E-state index contributed by atoms with van der Waals surface area (Å²) in [5.74, 6) is 1.15. The van der Waals surface area contributed by atoms with Gasteiger partial charge in [-0.3, -0.25) is 0 Å². The van der Waals surface area contributed by atoms with E-state index in [0.717, 1.165) is 16.8 Å². The molecule has 0 radical (unpaired) electrons. The molecule has 0 spiro atoms. The number of nitrogens with zero attached hydrogens (tertiary/aromatic N) is 5. The molecule has 0 aliphatic rings. The molecule has 3 aromatic rings. The Balaban J connectivity index is 1.93. The van der Waals surface area contributed by atoms with Crippen LogP contribution in [0.2, 0.25) is 0 Å². The second-order valence-corrected chi connectivity index (χ2v) is 5.73. The molecule has 8 nitrogen and oxygen atoms in total. The van der Waals surface area contributed by atoms with E-state index in [1.807, 2.05) is 43.0 Å². The number of hydrogen-bond donors (Lipinski definition) is 1. The fraction of sp³-hybridized carbons (Fsp3) is 0.263. The van der Waals surface area contributed by atoms with Gasteiger partial charge in [0, 0.05) is 18.8 Å². The lowest BCUT2D eigenvalue weighted by atomic mass is 10.3. The first kappa shape index (κ1) is 18.4. The molecule has 0 aliphatic heterocycles. The fourth-order valence-corrected chi connectivity index (χ4v) is 2.69. The molecule has 0 saturated heterocycles. The van der Waals surface area contributed by atoms with Crippen molar-refractivity contribution in [2.75, 3.05) is 25.5 Å². The molecule has 2 aromatic carbocycles. The zero-order valence-corrected chi connectivity index (χ0v) is 15.6. The van der Waals surface area contributed by atoms with E-state index in [-0.39, 0.29) is 0 Å². The maximum Gasteiger partial charge on any atom is 0.348 e. The second-order valence-electron chi connectivity index (χ2n) is 5.73. The first-order valence-electron chi connectivity index (χ1n) is 8.75. The first-order chi connectivity index (χ1) is 13.2. The highest BCUT2D eigenvalue weighted by Crippen LogP contribution is 2.16. The number of hydrogen-bond acceptors (Lipinski definition) is 4. The molecule has 1 aromatic heterocycles. The number of anilines is 1. The normalized spacial score (nSPS) is 11.4. The Hall–Kier alpha value is -3.42. The molecule has 0 atom stereocenters. The van der Waals surface area contributed by atoms with E-state index in [2.05, 4.69) is 20.6 Å². The smallest absolute Gasteiger partial charge is 0.348 e. The van der Waals surface area contributed by atoms with Gasteiger partial charge in [-0.25, -0.2) is 4.79 Å². The van der Waals surface area contributed by atoms with Gasteiger partial charge in [-0.05, 0) is 50.2 Å². The predicted molar refractivity (Wildman–Crippen MR) is 105 cm³/mol. The Labute approximate surface area is 157 Å². The van der Waals surface area contributed by atoms with Crippen molar-refractivity contribution in [3.63, 3.8) is 0 Å². The molecule has 27 heavy (non-hydrogen) atoms. The van der Waals surface area contributed by atoms with E-state index in [4.69, 9.17) is 4.74 Å². The lowest BCUT2D eigenvalue weighted by molar-refractivity contribution is 0.259. The van der Waals surface area contributed by atoms with Crippen LogP contribution >= 0.6 is 0 Å². The third-order valence-electron chi connectivity index (χ3n) is 4.13. The number of fused-ring (bicyclic) bond motifs is 1. The molecule has 0 saturated carbocycles. The van der Waals surface area contributed by atoms with Crippen LogP contribution in [0.5, 0.6) is 5.75 Å². The summed E-state index contributed by atoms with van der Waals surface area (Å²) >= 11 is 0. The minimum Gasteiger partial charge on any atom is -0.497 e. The molecule has 0 unspecified atom stereocenters. The van der Waals surface area contributed by atoms with Gasteiger partial charge >= 0.3 is 6.03 Å². The zero-order chi connectivity index (χ0) is 19.2. The zero-order valence-electron chi connectivity index (χ0n) is 15.6. The minimum absolute atomic E-state index is 0.430. The highest BCUT2D eigenvalue weighted by molar-refractivity contribution is 6.01. The number of carbonyl (C=O) groups excluding carboxylic acids is 1. The van der Waals surface area contributed by atoms with Crippen LogP contribution in [-0.4, -0.2) is 52.1 Å².